The summed E-state index contributed by atoms with van der Waals surface area (Å²) in [5.41, 5.74) is -0.334. The first-order chi connectivity index (χ1) is 10.1. The van der Waals surface area contributed by atoms with Crippen LogP contribution in [0.15, 0.2) is 23.1 Å². The van der Waals surface area contributed by atoms with Crippen molar-refractivity contribution < 1.29 is 13.3 Å². The van der Waals surface area contributed by atoms with Crippen LogP contribution in [0.3, 0.4) is 0 Å². The summed E-state index contributed by atoms with van der Waals surface area (Å²) in [6.07, 6.45) is 0. The van der Waals surface area contributed by atoms with Crippen LogP contribution in [-0.2, 0) is 10.0 Å². The molecule has 0 aliphatic heterocycles. The first-order valence-electron chi connectivity index (χ1n) is 7.09. The number of hydrogen-bond acceptors (Lipinski definition) is 5. The number of anilines is 1. The lowest BCUT2D eigenvalue weighted by atomic mass is 9.85. The Kier molecular flexibility index (Phi) is 5.90. The monoisotopic (exact) mass is 329 g/mol. The van der Waals surface area contributed by atoms with E-state index in [0.29, 0.717) is 24.3 Å². The van der Waals surface area contributed by atoms with Gasteiger partial charge in [0.15, 0.2) is 4.90 Å². The maximum Gasteiger partial charge on any atom is 0.312 e. The maximum absolute atomic E-state index is 11.5. The van der Waals surface area contributed by atoms with Gasteiger partial charge in [-0.1, -0.05) is 33.8 Å². The van der Waals surface area contributed by atoms with Gasteiger partial charge in [-0.25, -0.2) is 13.6 Å². The largest absolute Gasteiger partial charge is 0.379 e. The molecule has 0 atom stereocenters. The molecule has 0 amide bonds. The van der Waals surface area contributed by atoms with Crippen LogP contribution in [0.2, 0.25) is 0 Å². The van der Waals surface area contributed by atoms with Gasteiger partial charge in [0.05, 0.1) is 4.92 Å². The summed E-state index contributed by atoms with van der Waals surface area (Å²) in [7, 11) is -4.15. The lowest BCUT2D eigenvalue weighted by Gasteiger charge is -2.25. The van der Waals surface area contributed by atoms with Crippen molar-refractivity contribution in [3.8, 4) is 0 Å². The van der Waals surface area contributed by atoms with Crippen molar-refractivity contribution in [1.29, 1.82) is 0 Å². The Morgan fingerprint density at radius 1 is 1.23 bits per heavy atom. The number of sulfonamides is 1. The fraction of sp³-hybridized carbons (Fsp3) is 0.571. The second-order valence-electron chi connectivity index (χ2n) is 5.99. The van der Waals surface area contributed by atoms with E-state index < -0.39 is 25.5 Å². The third kappa shape index (κ3) is 4.41. The van der Waals surface area contributed by atoms with E-state index in [9.17, 15) is 18.5 Å². The van der Waals surface area contributed by atoms with Crippen LogP contribution in [0.1, 0.15) is 27.7 Å². The number of rotatable bonds is 7. The highest BCUT2D eigenvalue weighted by Gasteiger charge is 2.27. The van der Waals surface area contributed by atoms with Crippen LogP contribution in [0.5, 0.6) is 0 Å². The normalized spacial score (nSPS) is 12.2. The molecule has 0 aliphatic carbocycles. The summed E-state index contributed by atoms with van der Waals surface area (Å²) in [6, 6.07) is 4.07. The van der Waals surface area contributed by atoms with Gasteiger partial charge in [0.2, 0.25) is 10.0 Å². The molecule has 1 aromatic rings. The van der Waals surface area contributed by atoms with E-state index in [-0.39, 0.29) is 5.69 Å². The Balaban J connectivity index is 3.18. The summed E-state index contributed by atoms with van der Waals surface area (Å²) >= 11 is 0. The molecule has 124 valence electrons. The molecule has 0 saturated carbocycles. The van der Waals surface area contributed by atoms with Crippen molar-refractivity contribution in [2.24, 2.45) is 22.9 Å². The Morgan fingerprint density at radius 2 is 1.77 bits per heavy atom. The van der Waals surface area contributed by atoms with Gasteiger partial charge in [0.25, 0.3) is 0 Å². The summed E-state index contributed by atoms with van der Waals surface area (Å²) in [4.78, 5) is 10.0. The molecule has 0 unspecified atom stereocenters. The zero-order valence-electron chi connectivity index (χ0n) is 13.2. The van der Waals surface area contributed by atoms with Crippen molar-refractivity contribution in [2.45, 2.75) is 32.6 Å². The van der Waals surface area contributed by atoms with Crippen LogP contribution < -0.4 is 10.5 Å². The second-order valence-corrected chi connectivity index (χ2v) is 7.52. The molecule has 0 aliphatic rings. The molecule has 0 heterocycles. The third-order valence-electron chi connectivity index (χ3n) is 3.73. The molecule has 0 aromatic heterocycles. The fourth-order valence-electron chi connectivity index (χ4n) is 2.55. The minimum Gasteiger partial charge on any atom is -0.379 e. The number of primary sulfonamides is 1. The third-order valence-corrected chi connectivity index (χ3v) is 4.67. The van der Waals surface area contributed by atoms with Crippen LogP contribution in [0.25, 0.3) is 0 Å². The highest BCUT2D eigenvalue weighted by Crippen LogP contribution is 2.32. The Bertz CT molecular complexity index is 633. The molecule has 1 aromatic carbocycles. The molecule has 0 saturated heterocycles. The van der Waals surface area contributed by atoms with Gasteiger partial charge in [-0.15, -0.1) is 0 Å². The number of nitrogens with zero attached hydrogens (tertiary/aromatic N) is 1. The first-order valence-corrected chi connectivity index (χ1v) is 8.64. The first kappa shape index (κ1) is 18.4. The van der Waals surface area contributed by atoms with E-state index in [1.165, 1.54) is 12.1 Å². The average Bonchev–Trinajstić information content (AvgIpc) is 2.36. The lowest BCUT2D eigenvalue weighted by molar-refractivity contribution is -0.386. The highest BCUT2D eigenvalue weighted by molar-refractivity contribution is 7.89. The Morgan fingerprint density at radius 3 is 2.18 bits per heavy atom. The fourth-order valence-corrected chi connectivity index (χ4v) is 3.27. The molecule has 0 radical (unpaired) electrons. The highest BCUT2D eigenvalue weighted by atomic mass is 32.2. The predicted octanol–water partition coefficient (Wildman–Crippen LogP) is 2.58. The SMILES string of the molecule is CC(C)C(CNc1cccc(S(N)(=O)=O)c1[N+](=O)[O-])C(C)C. The van der Waals surface area contributed by atoms with Crippen molar-refractivity contribution in [3.63, 3.8) is 0 Å². The van der Waals surface area contributed by atoms with Crippen LogP contribution in [-0.4, -0.2) is 19.9 Å². The zero-order valence-corrected chi connectivity index (χ0v) is 14.1. The van der Waals surface area contributed by atoms with Gasteiger partial charge in [0.1, 0.15) is 5.69 Å². The van der Waals surface area contributed by atoms with E-state index in [2.05, 4.69) is 33.0 Å². The van der Waals surface area contributed by atoms with Gasteiger partial charge < -0.3 is 5.32 Å². The van der Waals surface area contributed by atoms with E-state index in [4.69, 9.17) is 5.14 Å². The Labute approximate surface area is 131 Å². The topological polar surface area (TPSA) is 115 Å². The lowest BCUT2D eigenvalue weighted by Crippen LogP contribution is -2.25. The van der Waals surface area contributed by atoms with Gasteiger partial charge in [-0.3, -0.25) is 10.1 Å². The molecule has 1 rings (SSSR count). The molecular weight excluding hydrogens is 306 g/mol. The van der Waals surface area contributed by atoms with Crippen LogP contribution >= 0.6 is 0 Å². The number of para-hydroxylation sites is 1. The van der Waals surface area contributed by atoms with E-state index in [1.54, 1.807) is 0 Å². The second kappa shape index (κ2) is 7.06. The van der Waals surface area contributed by atoms with Crippen LogP contribution in [0, 0.1) is 27.9 Å². The molecule has 22 heavy (non-hydrogen) atoms. The van der Waals surface area contributed by atoms with Gasteiger partial charge >= 0.3 is 5.69 Å². The van der Waals surface area contributed by atoms with E-state index >= 15 is 0 Å². The van der Waals surface area contributed by atoms with Gasteiger partial charge in [0, 0.05) is 6.54 Å². The quantitative estimate of drug-likeness (QED) is 0.589. The Hall–Kier alpha value is -1.67. The molecule has 0 fully saturated rings. The van der Waals surface area contributed by atoms with E-state index in [0.717, 1.165) is 6.07 Å². The number of benzene rings is 1. The summed E-state index contributed by atoms with van der Waals surface area (Å²) in [5, 5.41) is 19.3. The molecule has 7 nitrogen and oxygen atoms in total. The van der Waals surface area contributed by atoms with Crippen LogP contribution in [0.4, 0.5) is 11.4 Å². The van der Waals surface area contributed by atoms with Gasteiger partial charge in [-0.2, -0.15) is 0 Å². The molecule has 3 N–H and O–H groups in total. The van der Waals surface area contributed by atoms with E-state index in [1.807, 2.05) is 0 Å². The summed E-state index contributed by atoms with van der Waals surface area (Å²) in [6.45, 7) is 8.86. The van der Waals surface area contributed by atoms with Crippen molar-refractivity contribution >= 4 is 21.4 Å². The number of hydrogen-bond donors (Lipinski definition) is 2. The number of nitro benzene ring substituents is 1. The zero-order chi connectivity index (χ0) is 17.1. The minimum absolute atomic E-state index is 0.169. The van der Waals surface area contributed by atoms with Crippen molar-refractivity contribution in [3.05, 3.63) is 28.3 Å². The van der Waals surface area contributed by atoms with Crippen molar-refractivity contribution in [1.82, 2.24) is 0 Å². The number of nitro groups is 1. The van der Waals surface area contributed by atoms with Gasteiger partial charge in [-0.05, 0) is 29.9 Å². The predicted molar refractivity (Wildman–Crippen MR) is 86.1 cm³/mol. The minimum atomic E-state index is -4.15. The molecule has 8 heteroatoms. The molecule has 0 spiro atoms. The smallest absolute Gasteiger partial charge is 0.312 e. The summed E-state index contributed by atoms with van der Waals surface area (Å²) in [5.74, 6) is 1.10. The maximum atomic E-state index is 11.5. The standard InChI is InChI=1S/C14H23N3O4S/c1-9(2)11(10(3)4)8-16-12-6-5-7-13(22(15,20)21)14(12)17(18)19/h5-7,9-11,16H,8H2,1-4H3,(H2,15,20,21). The molecular formula is C14H23N3O4S. The number of nitrogens with one attached hydrogen (secondary N) is 1. The van der Waals surface area contributed by atoms with Crippen molar-refractivity contribution in [2.75, 3.05) is 11.9 Å². The number of nitrogens with two attached hydrogens (primary N) is 1. The summed E-state index contributed by atoms with van der Waals surface area (Å²) < 4.78 is 23.0. The average molecular weight is 329 g/mol. The molecule has 0 bridgehead atoms.